The zero-order valence-corrected chi connectivity index (χ0v) is 10.7. The number of nitrogens with zero attached hydrogens (tertiary/aromatic N) is 1. The number of carbonyl (C=O) groups is 3. The van der Waals surface area contributed by atoms with E-state index in [0.29, 0.717) is 13.0 Å². The lowest BCUT2D eigenvalue weighted by Gasteiger charge is -2.34. The lowest BCUT2D eigenvalue weighted by Crippen LogP contribution is -2.42. The third-order valence-corrected chi connectivity index (χ3v) is 4.21. The second-order valence-electron chi connectivity index (χ2n) is 5.33. The van der Waals surface area contributed by atoms with E-state index in [1.807, 2.05) is 30.3 Å². The van der Waals surface area contributed by atoms with Gasteiger partial charge in [0, 0.05) is 5.92 Å². The predicted molar refractivity (Wildman–Crippen MR) is 67.8 cm³/mol. The molecule has 1 saturated carbocycles. The molecule has 1 aliphatic heterocycles. The van der Waals surface area contributed by atoms with Crippen molar-refractivity contribution in [2.45, 2.75) is 19.9 Å². The van der Waals surface area contributed by atoms with Crippen LogP contribution in [0.15, 0.2) is 30.3 Å². The van der Waals surface area contributed by atoms with Crippen LogP contribution in [0.1, 0.15) is 18.9 Å². The van der Waals surface area contributed by atoms with Gasteiger partial charge in [0.2, 0.25) is 11.8 Å². The van der Waals surface area contributed by atoms with Gasteiger partial charge in [-0.25, -0.2) is 0 Å². The fourth-order valence-electron chi connectivity index (χ4n) is 3.08. The first-order valence-corrected chi connectivity index (χ1v) is 6.49. The third kappa shape index (κ3) is 1.79. The van der Waals surface area contributed by atoms with Gasteiger partial charge in [0.25, 0.3) is 0 Å². The lowest BCUT2D eigenvalue weighted by atomic mass is 9.64. The molecule has 1 aliphatic carbocycles. The van der Waals surface area contributed by atoms with Gasteiger partial charge in [-0.15, -0.1) is 0 Å². The number of fused-ring (bicyclic) bond motifs is 1. The van der Waals surface area contributed by atoms with Gasteiger partial charge in [0.15, 0.2) is 0 Å². The molecule has 2 aliphatic rings. The van der Waals surface area contributed by atoms with Crippen molar-refractivity contribution in [3.05, 3.63) is 35.9 Å². The van der Waals surface area contributed by atoms with Gasteiger partial charge in [-0.1, -0.05) is 30.3 Å². The Hall–Kier alpha value is -1.97. The summed E-state index contributed by atoms with van der Waals surface area (Å²) in [5.74, 6) is -1.17. The van der Waals surface area contributed by atoms with E-state index in [-0.39, 0.29) is 29.4 Å². The molecule has 3 rings (SSSR count). The smallest absolute Gasteiger partial charge is 0.234 e. The molecule has 1 saturated heterocycles. The Bertz CT molecular complexity index is 552. The Kier molecular flexibility index (Phi) is 2.73. The maximum Gasteiger partial charge on any atom is 0.234 e. The lowest BCUT2D eigenvalue weighted by molar-refractivity contribution is -0.141. The number of Topliss-reactive ketones (excluding diaryl/α,β-unsaturated/α-hetero) is 1. The molecule has 2 amide bonds. The fraction of sp³-hybridized carbons (Fsp3) is 0.400. The molecule has 0 aromatic heterocycles. The molecule has 4 nitrogen and oxygen atoms in total. The molecule has 1 aromatic carbocycles. The Labute approximate surface area is 111 Å². The van der Waals surface area contributed by atoms with Gasteiger partial charge < -0.3 is 0 Å². The Morgan fingerprint density at radius 2 is 1.89 bits per heavy atom. The molecule has 4 heteroatoms. The Balaban J connectivity index is 1.79. The number of imide groups is 1. The van der Waals surface area contributed by atoms with Gasteiger partial charge in [-0.2, -0.15) is 0 Å². The van der Waals surface area contributed by atoms with Crippen molar-refractivity contribution in [3.8, 4) is 0 Å². The van der Waals surface area contributed by atoms with Crippen molar-refractivity contribution < 1.29 is 14.4 Å². The van der Waals surface area contributed by atoms with Crippen molar-refractivity contribution in [1.82, 2.24) is 4.90 Å². The van der Waals surface area contributed by atoms with Crippen LogP contribution >= 0.6 is 0 Å². The quantitative estimate of drug-likeness (QED) is 0.769. The summed E-state index contributed by atoms with van der Waals surface area (Å²) in [6.07, 6.45) is 0.538. The highest BCUT2D eigenvalue weighted by molar-refractivity contribution is 6.08. The van der Waals surface area contributed by atoms with E-state index in [1.165, 1.54) is 11.8 Å². The number of ketones is 1. The number of hydrogen-bond donors (Lipinski definition) is 0. The molecule has 98 valence electrons. The monoisotopic (exact) mass is 257 g/mol. The number of carbonyl (C=O) groups excluding carboxylic acids is 3. The fourth-order valence-corrected chi connectivity index (χ4v) is 3.08. The Morgan fingerprint density at radius 3 is 2.53 bits per heavy atom. The number of amides is 2. The van der Waals surface area contributed by atoms with Crippen molar-refractivity contribution >= 4 is 17.6 Å². The van der Waals surface area contributed by atoms with Crippen LogP contribution in [0.3, 0.4) is 0 Å². The van der Waals surface area contributed by atoms with Crippen molar-refractivity contribution in [2.75, 3.05) is 0 Å². The summed E-state index contributed by atoms with van der Waals surface area (Å²) in [4.78, 5) is 37.1. The van der Waals surface area contributed by atoms with Crippen LogP contribution in [0.2, 0.25) is 0 Å². The standard InChI is InChI=1S/C15H15NO3/c1-9(17)11-7-12-13(11)15(19)16(14(12)18)8-10-5-3-2-4-6-10/h2-6,11-13H,7-8H2,1H3/t11-,12+,13-/m0/s1. The van der Waals surface area contributed by atoms with E-state index in [2.05, 4.69) is 0 Å². The highest BCUT2D eigenvalue weighted by Gasteiger charge is 2.59. The van der Waals surface area contributed by atoms with E-state index >= 15 is 0 Å². The maximum atomic E-state index is 12.2. The minimum absolute atomic E-state index is 0.0176. The van der Waals surface area contributed by atoms with E-state index in [0.717, 1.165) is 5.56 Å². The highest BCUT2D eigenvalue weighted by Crippen LogP contribution is 2.47. The molecule has 1 aromatic rings. The van der Waals surface area contributed by atoms with Crippen molar-refractivity contribution in [1.29, 1.82) is 0 Å². The van der Waals surface area contributed by atoms with E-state index in [4.69, 9.17) is 0 Å². The van der Waals surface area contributed by atoms with Crippen LogP contribution in [0.4, 0.5) is 0 Å². The van der Waals surface area contributed by atoms with Gasteiger partial charge in [-0.05, 0) is 18.9 Å². The highest BCUT2D eigenvalue weighted by atomic mass is 16.2. The summed E-state index contributed by atoms with van der Waals surface area (Å²) in [5.41, 5.74) is 0.935. The summed E-state index contributed by atoms with van der Waals surface area (Å²) < 4.78 is 0. The van der Waals surface area contributed by atoms with Crippen LogP contribution in [0.5, 0.6) is 0 Å². The molecular weight excluding hydrogens is 242 g/mol. The number of benzene rings is 1. The normalized spacial score (nSPS) is 29.1. The summed E-state index contributed by atoms with van der Waals surface area (Å²) in [7, 11) is 0. The second kappa shape index (κ2) is 4.30. The number of hydrogen-bond acceptors (Lipinski definition) is 3. The molecule has 0 radical (unpaired) electrons. The summed E-state index contributed by atoms with van der Waals surface area (Å²) in [5, 5.41) is 0. The first kappa shape index (κ1) is 12.1. The number of rotatable bonds is 3. The molecule has 0 spiro atoms. The molecule has 0 bridgehead atoms. The van der Waals surface area contributed by atoms with Gasteiger partial charge in [0.05, 0.1) is 18.4 Å². The minimum Gasteiger partial charge on any atom is -0.300 e. The molecule has 19 heavy (non-hydrogen) atoms. The van der Waals surface area contributed by atoms with Crippen molar-refractivity contribution in [2.24, 2.45) is 17.8 Å². The van der Waals surface area contributed by atoms with Gasteiger partial charge in [-0.3, -0.25) is 19.3 Å². The molecular formula is C15H15NO3. The van der Waals surface area contributed by atoms with Gasteiger partial charge >= 0.3 is 0 Å². The zero-order valence-electron chi connectivity index (χ0n) is 10.7. The first-order valence-electron chi connectivity index (χ1n) is 6.49. The summed E-state index contributed by atoms with van der Waals surface area (Å²) in [6.45, 7) is 1.81. The Morgan fingerprint density at radius 1 is 1.21 bits per heavy atom. The molecule has 1 heterocycles. The molecule has 0 N–H and O–H groups in total. The maximum absolute atomic E-state index is 12.2. The van der Waals surface area contributed by atoms with E-state index < -0.39 is 5.92 Å². The average molecular weight is 257 g/mol. The molecule has 0 unspecified atom stereocenters. The van der Waals surface area contributed by atoms with Crippen LogP contribution in [0, 0.1) is 17.8 Å². The average Bonchev–Trinajstić information content (AvgIpc) is 2.50. The van der Waals surface area contributed by atoms with Gasteiger partial charge in [0.1, 0.15) is 5.78 Å². The van der Waals surface area contributed by atoms with E-state index in [1.54, 1.807) is 0 Å². The largest absolute Gasteiger partial charge is 0.300 e. The van der Waals surface area contributed by atoms with Crippen LogP contribution in [-0.4, -0.2) is 22.5 Å². The topological polar surface area (TPSA) is 54.5 Å². The second-order valence-corrected chi connectivity index (χ2v) is 5.33. The predicted octanol–water partition coefficient (Wildman–Crippen LogP) is 1.40. The summed E-state index contributed by atoms with van der Waals surface area (Å²) >= 11 is 0. The molecule has 2 fully saturated rings. The first-order chi connectivity index (χ1) is 9.09. The zero-order chi connectivity index (χ0) is 13.6. The third-order valence-electron chi connectivity index (χ3n) is 4.21. The van der Waals surface area contributed by atoms with Crippen LogP contribution in [0.25, 0.3) is 0 Å². The minimum atomic E-state index is -0.395. The SMILES string of the molecule is CC(=O)[C@@H]1C[C@H]2C(=O)N(Cc3ccccc3)C(=O)[C@@H]12. The summed E-state index contributed by atoms with van der Waals surface area (Å²) in [6, 6.07) is 9.44. The van der Waals surface area contributed by atoms with Crippen molar-refractivity contribution in [3.63, 3.8) is 0 Å². The number of likely N-dealkylation sites (tertiary alicyclic amines) is 1. The van der Waals surface area contributed by atoms with E-state index in [9.17, 15) is 14.4 Å². The van der Waals surface area contributed by atoms with Crippen LogP contribution in [-0.2, 0) is 20.9 Å². The van der Waals surface area contributed by atoms with Crippen LogP contribution < -0.4 is 0 Å². The molecule has 3 atom stereocenters.